The SMILES string of the molecule is CSCCC(NC(=O)NC(Cc1c[nH]c2ccccc12)C(=O)O)C(=O)NC(C(=O)N/C=C1\C[C@@H](O)[C@H](n2ccc(=O)[nH]c2=O)O1)C(C)N(C)C(=O)C(Cc1cccc(O)c1)NC(=O)OCc1ccccc1. The topological polar surface area (TPSA) is 316 Å². The Morgan fingerprint density at radius 3 is 2.34 bits per heavy atom. The number of hydrogen-bond acceptors (Lipinski definition) is 13. The zero-order chi connectivity index (χ0) is 51.2. The molecule has 3 aromatic carbocycles. The number of aliphatic carboxylic acids is 1. The van der Waals surface area contributed by atoms with E-state index in [9.17, 15) is 53.7 Å². The molecule has 0 aliphatic carbocycles. The number of urea groups is 1. The Bertz CT molecular complexity index is 2850. The van der Waals surface area contributed by atoms with Gasteiger partial charge in [-0.15, -0.1) is 0 Å². The van der Waals surface area contributed by atoms with Crippen LogP contribution in [0, 0.1) is 0 Å². The van der Waals surface area contributed by atoms with Gasteiger partial charge in [0.15, 0.2) is 0 Å². The minimum absolute atomic E-state index is 0.00249. The van der Waals surface area contributed by atoms with Gasteiger partial charge in [0.05, 0.1) is 6.04 Å². The summed E-state index contributed by atoms with van der Waals surface area (Å²) in [5.41, 5.74) is 1.000. The maximum absolute atomic E-state index is 14.5. The highest BCUT2D eigenvalue weighted by molar-refractivity contribution is 7.98. The van der Waals surface area contributed by atoms with Crippen LogP contribution in [0.25, 0.3) is 10.9 Å². The number of aromatic nitrogens is 3. The number of ether oxygens (including phenoxy) is 2. The van der Waals surface area contributed by atoms with E-state index in [0.29, 0.717) is 22.4 Å². The highest BCUT2D eigenvalue weighted by atomic mass is 32.2. The van der Waals surface area contributed by atoms with Crippen molar-refractivity contribution in [2.75, 3.05) is 19.1 Å². The number of aliphatic hydroxyl groups is 1. The predicted molar refractivity (Wildman–Crippen MR) is 260 cm³/mol. The molecule has 0 radical (unpaired) electrons. The van der Waals surface area contributed by atoms with Crippen molar-refractivity contribution in [2.24, 2.45) is 0 Å². The minimum atomic E-state index is -1.63. The molecule has 5 unspecified atom stereocenters. The van der Waals surface area contributed by atoms with Crippen molar-refractivity contribution in [1.82, 2.24) is 46.0 Å². The number of carboxylic acids is 1. The van der Waals surface area contributed by atoms with E-state index in [1.165, 1.54) is 37.9 Å². The lowest BCUT2D eigenvalue weighted by atomic mass is 10.0. The number of alkyl carbamates (subject to hydrolysis) is 1. The number of aliphatic hydroxyl groups excluding tert-OH is 1. The fourth-order valence-electron chi connectivity index (χ4n) is 7.73. The maximum Gasteiger partial charge on any atom is 0.408 e. The van der Waals surface area contributed by atoms with Crippen LogP contribution < -0.4 is 37.8 Å². The summed E-state index contributed by atoms with van der Waals surface area (Å²) < 4.78 is 12.1. The highest BCUT2D eigenvalue weighted by Gasteiger charge is 2.38. The molecule has 6 amide bonds. The molecule has 1 fully saturated rings. The summed E-state index contributed by atoms with van der Waals surface area (Å²) in [5, 5.41) is 44.6. The molecular weight excluding hydrogens is 943 g/mol. The van der Waals surface area contributed by atoms with Gasteiger partial charge in [0.2, 0.25) is 23.9 Å². The van der Waals surface area contributed by atoms with Crippen molar-refractivity contribution < 1.29 is 53.6 Å². The third-order valence-corrected chi connectivity index (χ3v) is 12.3. The van der Waals surface area contributed by atoms with Crippen molar-refractivity contribution in [3.8, 4) is 5.75 Å². The van der Waals surface area contributed by atoms with Gasteiger partial charge in [-0.1, -0.05) is 60.7 Å². The summed E-state index contributed by atoms with van der Waals surface area (Å²) >= 11 is 1.35. The van der Waals surface area contributed by atoms with Gasteiger partial charge in [0.25, 0.3) is 5.56 Å². The van der Waals surface area contributed by atoms with Crippen LogP contribution in [-0.4, -0.2) is 126 Å². The van der Waals surface area contributed by atoms with Crippen LogP contribution in [0.5, 0.6) is 5.75 Å². The van der Waals surface area contributed by atoms with Gasteiger partial charge in [0.1, 0.15) is 48.4 Å². The first-order valence-electron chi connectivity index (χ1n) is 22.3. The van der Waals surface area contributed by atoms with Crippen LogP contribution in [0.3, 0.4) is 0 Å². The Kier molecular flexibility index (Phi) is 18.0. The second-order valence-electron chi connectivity index (χ2n) is 16.6. The van der Waals surface area contributed by atoms with Gasteiger partial charge in [-0.05, 0) is 60.2 Å². The summed E-state index contributed by atoms with van der Waals surface area (Å²) in [5.74, 6) is -3.66. The van der Waals surface area contributed by atoms with Gasteiger partial charge < -0.3 is 61.3 Å². The summed E-state index contributed by atoms with van der Waals surface area (Å²) in [6.07, 6.45) is 1.69. The van der Waals surface area contributed by atoms with Crippen LogP contribution in [0.2, 0.25) is 0 Å². The summed E-state index contributed by atoms with van der Waals surface area (Å²) in [6.45, 7) is 1.33. The molecule has 1 aliphatic rings. The van der Waals surface area contributed by atoms with Crippen molar-refractivity contribution >= 4 is 58.5 Å². The van der Waals surface area contributed by atoms with E-state index < -0.39 is 89.6 Å². The number of aromatic amines is 2. The van der Waals surface area contributed by atoms with Gasteiger partial charge in [-0.3, -0.25) is 28.7 Å². The number of phenolic OH excluding ortho intramolecular Hbond substituents is 1. The van der Waals surface area contributed by atoms with E-state index in [1.807, 2.05) is 18.2 Å². The second-order valence-corrected chi connectivity index (χ2v) is 17.6. The molecule has 0 saturated carbocycles. The third kappa shape index (κ3) is 14.3. The monoisotopic (exact) mass is 997 g/mol. The Labute approximate surface area is 410 Å². The average Bonchev–Trinajstić information content (AvgIpc) is 3.94. The zero-order valence-corrected chi connectivity index (χ0v) is 39.6. The van der Waals surface area contributed by atoms with Gasteiger partial charge in [0, 0.05) is 61.9 Å². The normalized spacial score (nSPS) is 16.9. The number of amides is 6. The number of thioether (sulfide) groups is 1. The molecule has 71 heavy (non-hydrogen) atoms. The number of nitrogens with zero attached hydrogens (tertiary/aromatic N) is 2. The van der Waals surface area contributed by atoms with Crippen LogP contribution >= 0.6 is 11.8 Å². The number of phenols is 1. The lowest BCUT2D eigenvalue weighted by molar-refractivity contribution is -0.139. The molecule has 1 aliphatic heterocycles. The Morgan fingerprint density at radius 2 is 1.62 bits per heavy atom. The molecule has 376 valence electrons. The average molecular weight is 998 g/mol. The molecule has 23 heteroatoms. The quantitative estimate of drug-likeness (QED) is 0.0503. The Hall–Kier alpha value is -8.05. The molecule has 1 saturated heterocycles. The molecule has 6 rings (SSSR count). The number of hydrogen-bond donors (Lipinski definition) is 10. The second kappa shape index (κ2) is 24.5. The van der Waals surface area contributed by atoms with E-state index >= 15 is 0 Å². The van der Waals surface area contributed by atoms with E-state index in [2.05, 4.69) is 36.6 Å². The molecule has 22 nitrogen and oxygen atoms in total. The fraction of sp³-hybridized carbons (Fsp3) is 0.333. The number of fused-ring (bicyclic) bond motifs is 1. The fourth-order valence-corrected chi connectivity index (χ4v) is 8.20. The van der Waals surface area contributed by atoms with Crippen molar-refractivity contribution in [1.29, 1.82) is 0 Å². The number of carbonyl (C=O) groups excluding carboxylic acids is 5. The van der Waals surface area contributed by atoms with E-state index in [-0.39, 0.29) is 43.8 Å². The summed E-state index contributed by atoms with van der Waals surface area (Å²) in [6, 6.07) is 15.2. The molecule has 3 heterocycles. The first-order valence-corrected chi connectivity index (χ1v) is 23.7. The molecule has 0 bridgehead atoms. The van der Waals surface area contributed by atoms with E-state index in [1.54, 1.807) is 61.0 Å². The molecule has 7 atom stereocenters. The largest absolute Gasteiger partial charge is 0.508 e. The first-order chi connectivity index (χ1) is 34.0. The molecule has 2 aromatic heterocycles. The maximum atomic E-state index is 14.5. The lowest BCUT2D eigenvalue weighted by Crippen LogP contribution is -2.62. The first kappa shape index (κ1) is 52.3. The number of rotatable bonds is 21. The molecule has 5 aromatic rings. The van der Waals surface area contributed by atoms with Crippen LogP contribution in [-0.2, 0) is 48.1 Å². The van der Waals surface area contributed by atoms with Gasteiger partial charge in [-0.25, -0.2) is 19.2 Å². The highest BCUT2D eigenvalue weighted by Crippen LogP contribution is 2.30. The van der Waals surface area contributed by atoms with E-state index in [4.69, 9.17) is 9.47 Å². The number of H-pyrrole nitrogens is 2. The number of benzene rings is 3. The van der Waals surface area contributed by atoms with Gasteiger partial charge in [-0.2, -0.15) is 11.8 Å². The van der Waals surface area contributed by atoms with Gasteiger partial charge >= 0.3 is 23.8 Å². The lowest BCUT2D eigenvalue weighted by Gasteiger charge is -2.34. The molecule has 0 spiro atoms. The number of carboxylic acid groups (broad SMARTS) is 1. The number of aromatic hydroxyl groups is 1. The number of nitrogens with one attached hydrogen (secondary N) is 7. The smallest absolute Gasteiger partial charge is 0.408 e. The predicted octanol–water partition coefficient (Wildman–Crippen LogP) is 1.95. The van der Waals surface area contributed by atoms with Crippen LogP contribution in [0.4, 0.5) is 9.59 Å². The third-order valence-electron chi connectivity index (χ3n) is 11.6. The number of likely N-dealkylation sites (N-methyl/N-ethyl adjacent to an activating group) is 1. The molecule has 10 N–H and O–H groups in total. The minimum Gasteiger partial charge on any atom is -0.508 e. The van der Waals surface area contributed by atoms with E-state index in [0.717, 1.165) is 38.8 Å². The van der Waals surface area contributed by atoms with Crippen LogP contribution in [0.15, 0.2) is 119 Å². The number of carbonyl (C=O) groups is 6. The zero-order valence-electron chi connectivity index (χ0n) is 38.8. The van der Waals surface area contributed by atoms with Crippen molar-refractivity contribution in [3.63, 3.8) is 0 Å². The Balaban J connectivity index is 1.24. The molecular formula is C48H55N9O13S. The number of para-hydroxylation sites is 1. The van der Waals surface area contributed by atoms with Crippen molar-refractivity contribution in [2.45, 2.75) is 81.8 Å². The summed E-state index contributed by atoms with van der Waals surface area (Å²) in [7, 11) is 1.34. The standard InChI is InChI=1S/C48H55N9O13S/c1-27(56(2)43(63)36(21-29-12-9-13-31(58)20-29)53-48(68)69-26-28-10-5-4-6-11-28)40(42(62)50-25-32-23-38(59)44(70-32)57-18-16-39(60)54-47(57)67)55-41(61)35(17-19-71-3)51-46(66)52-37(45(64)65)22-30-24-49-34-15-8-7-14-33(30)34/h4-16,18,20,24-25,27,35-38,40,44,49,58-59H,17,19,21-23,26H2,1-3H3,(H,50,62)(H,53,68)(H,55,61)(H,64,65)(H2,51,52,66)(H,54,60,67)/b32-25+/t27?,35?,36?,37?,38-,40?,44-/m1/s1. The summed E-state index contributed by atoms with van der Waals surface area (Å²) in [4.78, 5) is 113. The van der Waals surface area contributed by atoms with Crippen LogP contribution in [0.1, 0.15) is 42.7 Å². The van der Waals surface area contributed by atoms with Crippen molar-refractivity contribution in [3.05, 3.63) is 147 Å². The Morgan fingerprint density at radius 1 is 0.901 bits per heavy atom.